The molecule has 1 aromatic rings. The highest BCUT2D eigenvalue weighted by molar-refractivity contribution is 5.77. The number of aliphatic carboxylic acids is 1. The summed E-state index contributed by atoms with van der Waals surface area (Å²) in [7, 11) is 0. The molecule has 0 aliphatic heterocycles. The van der Waals surface area contributed by atoms with Crippen molar-refractivity contribution in [3.05, 3.63) is 23.8 Å². The second-order valence-corrected chi connectivity index (χ2v) is 4.27. The highest BCUT2D eigenvalue weighted by Gasteiger charge is 2.23. The molecule has 1 rings (SSSR count). The summed E-state index contributed by atoms with van der Waals surface area (Å²) in [6, 6.07) is 2.45. The molecule has 4 N–H and O–H groups in total. The zero-order valence-corrected chi connectivity index (χ0v) is 9.51. The summed E-state index contributed by atoms with van der Waals surface area (Å²) in [5, 5.41) is 36.5. The van der Waals surface area contributed by atoms with Gasteiger partial charge in [0.1, 0.15) is 0 Å². The second kappa shape index (κ2) is 4.37. The molecular formula is C12H14O5. The number of hydrogen-bond donors (Lipinski definition) is 4. The van der Waals surface area contributed by atoms with Gasteiger partial charge in [-0.25, -0.2) is 0 Å². The highest BCUT2D eigenvalue weighted by Crippen LogP contribution is 2.36. The number of rotatable bonds is 3. The van der Waals surface area contributed by atoms with Gasteiger partial charge in [0.05, 0.1) is 5.41 Å². The number of phenolic OH excluding ortho intramolecular Hbond substituents is 3. The monoisotopic (exact) mass is 238 g/mol. The van der Waals surface area contributed by atoms with Gasteiger partial charge in [0, 0.05) is 0 Å². The Morgan fingerprint density at radius 1 is 1.18 bits per heavy atom. The third-order valence-corrected chi connectivity index (χ3v) is 2.34. The lowest BCUT2D eigenvalue weighted by Gasteiger charge is -2.13. The molecule has 0 saturated carbocycles. The largest absolute Gasteiger partial charge is 0.504 e. The molecule has 1 aromatic carbocycles. The number of aromatic hydroxyl groups is 3. The van der Waals surface area contributed by atoms with Gasteiger partial charge in [-0.05, 0) is 31.5 Å². The summed E-state index contributed by atoms with van der Waals surface area (Å²) in [5.74, 6) is -2.50. The zero-order chi connectivity index (χ0) is 13.2. The highest BCUT2D eigenvalue weighted by atomic mass is 16.4. The van der Waals surface area contributed by atoms with E-state index in [1.807, 2.05) is 0 Å². The van der Waals surface area contributed by atoms with Crippen LogP contribution in [0.15, 0.2) is 18.2 Å². The first-order valence-corrected chi connectivity index (χ1v) is 4.91. The number of phenols is 3. The minimum absolute atomic E-state index is 0.395. The van der Waals surface area contributed by atoms with E-state index in [9.17, 15) is 15.0 Å². The van der Waals surface area contributed by atoms with Crippen molar-refractivity contribution in [3.8, 4) is 17.2 Å². The summed E-state index contributed by atoms with van der Waals surface area (Å²) in [5.41, 5.74) is -0.657. The Labute approximate surface area is 98.3 Å². The lowest BCUT2D eigenvalue weighted by atomic mass is 9.92. The lowest BCUT2D eigenvalue weighted by molar-refractivity contribution is -0.144. The molecule has 17 heavy (non-hydrogen) atoms. The van der Waals surface area contributed by atoms with E-state index in [4.69, 9.17) is 10.2 Å². The summed E-state index contributed by atoms with van der Waals surface area (Å²) in [6.07, 6.45) is 2.88. The third-order valence-electron chi connectivity index (χ3n) is 2.34. The normalized spacial score (nSPS) is 11.9. The quantitative estimate of drug-likeness (QED) is 0.603. The Morgan fingerprint density at radius 3 is 2.06 bits per heavy atom. The molecular weight excluding hydrogens is 224 g/mol. The number of carboxylic acids is 1. The van der Waals surface area contributed by atoms with Crippen LogP contribution in [-0.4, -0.2) is 26.4 Å². The van der Waals surface area contributed by atoms with Gasteiger partial charge in [-0.15, -0.1) is 0 Å². The van der Waals surface area contributed by atoms with Crippen molar-refractivity contribution in [2.24, 2.45) is 5.41 Å². The summed E-state index contributed by atoms with van der Waals surface area (Å²) >= 11 is 0. The molecule has 0 spiro atoms. The number of benzene rings is 1. The van der Waals surface area contributed by atoms with Crippen LogP contribution in [-0.2, 0) is 4.79 Å². The van der Waals surface area contributed by atoms with E-state index >= 15 is 0 Å². The smallest absolute Gasteiger partial charge is 0.312 e. The molecule has 5 nitrogen and oxygen atoms in total. The van der Waals surface area contributed by atoms with E-state index in [1.54, 1.807) is 0 Å². The molecule has 0 radical (unpaired) electrons. The minimum atomic E-state index is -1.05. The van der Waals surface area contributed by atoms with E-state index in [2.05, 4.69) is 0 Å². The van der Waals surface area contributed by atoms with Crippen LogP contribution in [0.5, 0.6) is 17.2 Å². The van der Waals surface area contributed by atoms with E-state index in [0.29, 0.717) is 5.56 Å². The maximum absolute atomic E-state index is 10.8. The topological polar surface area (TPSA) is 98.0 Å². The number of carbonyl (C=O) groups is 1. The van der Waals surface area contributed by atoms with Crippen molar-refractivity contribution in [3.63, 3.8) is 0 Å². The van der Waals surface area contributed by atoms with E-state index in [-0.39, 0.29) is 0 Å². The lowest BCUT2D eigenvalue weighted by Crippen LogP contribution is -2.20. The van der Waals surface area contributed by atoms with Crippen LogP contribution in [0.4, 0.5) is 0 Å². The first-order chi connectivity index (χ1) is 7.74. The minimum Gasteiger partial charge on any atom is -0.504 e. The molecule has 0 aliphatic carbocycles. The Bertz CT molecular complexity index is 451. The standard InChI is InChI=1S/C12H14O5/c1-12(2,11(16)17)4-3-7-5-8(13)10(15)9(14)6-7/h3-6,13-15H,1-2H3,(H,16,17). The van der Waals surface area contributed by atoms with E-state index < -0.39 is 28.6 Å². The van der Waals surface area contributed by atoms with Crippen molar-refractivity contribution in [1.29, 1.82) is 0 Å². The zero-order valence-electron chi connectivity index (χ0n) is 9.51. The maximum atomic E-state index is 10.8. The average Bonchev–Trinajstić information content (AvgIpc) is 2.22. The van der Waals surface area contributed by atoms with Gasteiger partial charge < -0.3 is 20.4 Å². The molecule has 0 bridgehead atoms. The van der Waals surface area contributed by atoms with Gasteiger partial charge in [0.2, 0.25) is 0 Å². The van der Waals surface area contributed by atoms with Crippen LogP contribution in [0, 0.1) is 5.41 Å². The Hall–Kier alpha value is -2.17. The van der Waals surface area contributed by atoms with Gasteiger partial charge in [-0.3, -0.25) is 4.79 Å². The first-order valence-electron chi connectivity index (χ1n) is 4.91. The molecule has 0 aromatic heterocycles. The van der Waals surface area contributed by atoms with Gasteiger partial charge in [0.25, 0.3) is 0 Å². The first kappa shape index (κ1) is 12.9. The van der Waals surface area contributed by atoms with Crippen LogP contribution in [0.2, 0.25) is 0 Å². The van der Waals surface area contributed by atoms with Crippen molar-refractivity contribution >= 4 is 12.0 Å². The van der Waals surface area contributed by atoms with E-state index in [1.165, 1.54) is 38.1 Å². The third kappa shape index (κ3) is 2.90. The molecule has 0 atom stereocenters. The van der Waals surface area contributed by atoms with Crippen LogP contribution in [0.3, 0.4) is 0 Å². The fraction of sp³-hybridized carbons (Fsp3) is 0.250. The fourth-order valence-corrected chi connectivity index (χ4v) is 1.10. The predicted octanol–water partition coefficient (Wildman–Crippen LogP) is 1.93. The van der Waals surface area contributed by atoms with E-state index in [0.717, 1.165) is 0 Å². The van der Waals surface area contributed by atoms with Gasteiger partial charge >= 0.3 is 5.97 Å². The predicted molar refractivity (Wildman–Crippen MR) is 61.9 cm³/mol. The van der Waals surface area contributed by atoms with Crippen molar-refractivity contribution in [2.45, 2.75) is 13.8 Å². The molecule has 0 amide bonds. The maximum Gasteiger partial charge on any atom is 0.312 e. The summed E-state index contributed by atoms with van der Waals surface area (Å²) in [6.45, 7) is 3.04. The molecule has 92 valence electrons. The van der Waals surface area contributed by atoms with Crippen molar-refractivity contribution < 1.29 is 25.2 Å². The van der Waals surface area contributed by atoms with Gasteiger partial charge in [-0.2, -0.15) is 0 Å². The molecule has 0 unspecified atom stereocenters. The van der Waals surface area contributed by atoms with Crippen LogP contribution in [0.1, 0.15) is 19.4 Å². The van der Waals surface area contributed by atoms with Gasteiger partial charge in [0.15, 0.2) is 17.2 Å². The van der Waals surface area contributed by atoms with Gasteiger partial charge in [-0.1, -0.05) is 12.2 Å². The Balaban J connectivity index is 3.05. The SMILES string of the molecule is CC(C)(C=Cc1cc(O)c(O)c(O)c1)C(=O)O. The Morgan fingerprint density at radius 2 is 1.65 bits per heavy atom. The molecule has 0 aliphatic rings. The average molecular weight is 238 g/mol. The molecule has 0 fully saturated rings. The van der Waals surface area contributed by atoms with Crippen molar-refractivity contribution in [1.82, 2.24) is 0 Å². The Kier molecular flexibility index (Phi) is 3.31. The molecule has 0 heterocycles. The molecule has 0 saturated heterocycles. The van der Waals surface area contributed by atoms with Crippen LogP contribution >= 0.6 is 0 Å². The summed E-state index contributed by atoms with van der Waals surface area (Å²) < 4.78 is 0. The summed E-state index contributed by atoms with van der Waals surface area (Å²) in [4.78, 5) is 10.8. The van der Waals surface area contributed by atoms with Crippen molar-refractivity contribution in [2.75, 3.05) is 0 Å². The second-order valence-electron chi connectivity index (χ2n) is 4.27. The van der Waals surface area contributed by atoms with Crippen LogP contribution < -0.4 is 0 Å². The van der Waals surface area contributed by atoms with Crippen LogP contribution in [0.25, 0.3) is 6.08 Å². The number of hydrogen-bond acceptors (Lipinski definition) is 4. The number of carboxylic acid groups (broad SMARTS) is 1. The fourth-order valence-electron chi connectivity index (χ4n) is 1.10. The molecule has 5 heteroatoms.